The highest BCUT2D eigenvalue weighted by molar-refractivity contribution is 6.43. The van der Waals surface area contributed by atoms with Gasteiger partial charge in [0.15, 0.2) is 5.78 Å². The second kappa shape index (κ2) is 2.08. The number of nitrogens with one attached hydrogen (secondary N) is 1. The Hall–Kier alpha value is -0.860. The molecule has 0 atom stereocenters. The Kier molecular flexibility index (Phi) is 1.50. The maximum absolute atomic E-state index is 11.0. The first-order chi connectivity index (χ1) is 4.52. The molecule has 0 aliphatic carbocycles. The van der Waals surface area contributed by atoms with Crippen molar-refractivity contribution < 1.29 is 4.79 Å². The van der Waals surface area contributed by atoms with Crippen LogP contribution in [0.25, 0.3) is 0 Å². The Balaban J connectivity index is 2.82. The van der Waals surface area contributed by atoms with Crippen molar-refractivity contribution in [1.29, 1.82) is 0 Å². The van der Waals surface area contributed by atoms with E-state index in [1.165, 1.54) is 0 Å². The van der Waals surface area contributed by atoms with Gasteiger partial charge in [-0.05, 0) is 0 Å². The van der Waals surface area contributed by atoms with Gasteiger partial charge in [-0.25, -0.2) is 0 Å². The number of carbonyl (C=O) groups is 1. The van der Waals surface area contributed by atoms with Crippen molar-refractivity contribution in [3.05, 3.63) is 0 Å². The summed E-state index contributed by atoms with van der Waals surface area (Å²) in [5.41, 5.74) is 3.22. The molecule has 3 heteroatoms. The molecule has 0 aromatic carbocycles. The van der Waals surface area contributed by atoms with E-state index >= 15 is 0 Å². The van der Waals surface area contributed by atoms with Gasteiger partial charge in [0.05, 0.1) is 6.54 Å². The number of nitrogens with zero attached hydrogens (tertiary/aromatic N) is 1. The predicted octanol–water partition coefficient (Wildman–Crippen LogP) is 0.561. The van der Waals surface area contributed by atoms with Gasteiger partial charge in [0, 0.05) is 5.41 Å². The lowest BCUT2D eigenvalue weighted by molar-refractivity contribution is -0.111. The molecular formula is C7H12N2O. The molecule has 56 valence electrons. The van der Waals surface area contributed by atoms with Crippen molar-refractivity contribution in [1.82, 2.24) is 5.43 Å². The van der Waals surface area contributed by atoms with Crippen molar-refractivity contribution in [2.75, 3.05) is 6.54 Å². The van der Waals surface area contributed by atoms with E-state index < -0.39 is 0 Å². The minimum atomic E-state index is -0.111. The maximum atomic E-state index is 11.0. The summed E-state index contributed by atoms with van der Waals surface area (Å²) in [6, 6.07) is 0. The van der Waals surface area contributed by atoms with Gasteiger partial charge in [0.1, 0.15) is 5.71 Å². The molecule has 0 aromatic heterocycles. The number of carbonyl (C=O) groups excluding carboxylic acids is 1. The van der Waals surface area contributed by atoms with Gasteiger partial charge in [-0.2, -0.15) is 5.10 Å². The highest BCUT2D eigenvalue weighted by atomic mass is 16.1. The number of Topliss-reactive ketones (excluding diaryl/α,β-unsaturated/α-hetero) is 1. The monoisotopic (exact) mass is 140 g/mol. The normalized spacial score (nSPS) is 18.7. The smallest absolute Gasteiger partial charge is 0.200 e. The van der Waals surface area contributed by atoms with Gasteiger partial charge in [0.2, 0.25) is 0 Å². The Morgan fingerprint density at radius 3 is 2.30 bits per heavy atom. The summed E-state index contributed by atoms with van der Waals surface area (Å²) in [5.74, 6) is 0.118. The van der Waals surface area contributed by atoms with Gasteiger partial charge in [0.25, 0.3) is 0 Å². The highest BCUT2D eigenvalue weighted by Gasteiger charge is 2.28. The molecule has 0 spiro atoms. The van der Waals surface area contributed by atoms with Gasteiger partial charge >= 0.3 is 0 Å². The molecular weight excluding hydrogens is 128 g/mol. The zero-order chi connectivity index (χ0) is 7.78. The maximum Gasteiger partial charge on any atom is 0.200 e. The fraction of sp³-hybridized carbons (Fsp3) is 0.714. The predicted molar refractivity (Wildman–Crippen MR) is 39.9 cm³/mol. The summed E-state index contributed by atoms with van der Waals surface area (Å²) in [7, 11) is 0. The van der Waals surface area contributed by atoms with Crippen molar-refractivity contribution in [2.24, 2.45) is 10.5 Å². The number of hydrogen-bond donors (Lipinski definition) is 1. The molecule has 1 N–H and O–H groups in total. The lowest BCUT2D eigenvalue weighted by Gasteiger charge is -2.15. The van der Waals surface area contributed by atoms with Crippen LogP contribution in [0.4, 0.5) is 0 Å². The lowest BCUT2D eigenvalue weighted by Crippen LogP contribution is -2.27. The molecule has 0 radical (unpaired) electrons. The van der Waals surface area contributed by atoms with Crippen molar-refractivity contribution in [3.63, 3.8) is 0 Å². The average molecular weight is 140 g/mol. The topological polar surface area (TPSA) is 41.5 Å². The molecule has 0 amide bonds. The van der Waals surface area contributed by atoms with E-state index in [1.807, 2.05) is 20.8 Å². The van der Waals surface area contributed by atoms with Crippen molar-refractivity contribution >= 4 is 11.5 Å². The number of hydrazone groups is 1. The fourth-order valence-corrected chi connectivity index (χ4v) is 0.922. The van der Waals surface area contributed by atoms with Crippen LogP contribution in [0.5, 0.6) is 0 Å². The van der Waals surface area contributed by atoms with E-state index in [0.717, 1.165) is 0 Å². The SMILES string of the molecule is CC(C)(C)C1=NNCC1=O. The Labute approximate surface area is 60.5 Å². The van der Waals surface area contributed by atoms with Crippen LogP contribution in [0.15, 0.2) is 5.10 Å². The largest absolute Gasteiger partial charge is 0.302 e. The molecule has 0 bridgehead atoms. The summed E-state index contributed by atoms with van der Waals surface area (Å²) < 4.78 is 0. The zero-order valence-corrected chi connectivity index (χ0v) is 6.56. The first-order valence-electron chi connectivity index (χ1n) is 3.36. The van der Waals surface area contributed by atoms with E-state index in [-0.39, 0.29) is 11.2 Å². The third kappa shape index (κ3) is 1.17. The summed E-state index contributed by atoms with van der Waals surface area (Å²) >= 11 is 0. The van der Waals surface area contributed by atoms with Crippen LogP contribution in [-0.4, -0.2) is 18.0 Å². The van der Waals surface area contributed by atoms with E-state index in [0.29, 0.717) is 12.3 Å². The Morgan fingerprint density at radius 2 is 2.10 bits per heavy atom. The van der Waals surface area contributed by atoms with Gasteiger partial charge in [-0.15, -0.1) is 0 Å². The van der Waals surface area contributed by atoms with E-state index in [2.05, 4.69) is 10.5 Å². The summed E-state index contributed by atoms with van der Waals surface area (Å²) in [4.78, 5) is 11.0. The first-order valence-corrected chi connectivity index (χ1v) is 3.36. The van der Waals surface area contributed by atoms with Gasteiger partial charge < -0.3 is 5.43 Å². The van der Waals surface area contributed by atoms with Gasteiger partial charge in [-0.1, -0.05) is 20.8 Å². The minimum absolute atomic E-state index is 0.111. The van der Waals surface area contributed by atoms with Crippen LogP contribution in [0.1, 0.15) is 20.8 Å². The fourth-order valence-electron chi connectivity index (χ4n) is 0.922. The summed E-state index contributed by atoms with van der Waals surface area (Å²) in [6.07, 6.45) is 0. The van der Waals surface area contributed by atoms with Crippen LogP contribution in [0.2, 0.25) is 0 Å². The molecule has 1 aliphatic rings. The molecule has 0 unspecified atom stereocenters. The van der Waals surface area contributed by atoms with Crippen LogP contribution >= 0.6 is 0 Å². The molecule has 10 heavy (non-hydrogen) atoms. The number of ketones is 1. The molecule has 0 aromatic rings. The van der Waals surface area contributed by atoms with E-state index in [4.69, 9.17) is 0 Å². The van der Waals surface area contributed by atoms with Gasteiger partial charge in [-0.3, -0.25) is 4.79 Å². The standard InChI is InChI=1S/C7H12N2O/c1-7(2,3)6-5(10)4-8-9-6/h8H,4H2,1-3H3. The third-order valence-corrected chi connectivity index (χ3v) is 1.41. The number of hydrogen-bond acceptors (Lipinski definition) is 3. The second-order valence-corrected chi connectivity index (χ2v) is 3.47. The van der Waals surface area contributed by atoms with Crippen molar-refractivity contribution in [2.45, 2.75) is 20.8 Å². The van der Waals surface area contributed by atoms with Crippen LogP contribution in [0.3, 0.4) is 0 Å². The molecule has 1 aliphatic heterocycles. The Bertz CT molecular complexity index is 188. The van der Waals surface area contributed by atoms with E-state index in [9.17, 15) is 4.79 Å². The second-order valence-electron chi connectivity index (χ2n) is 3.47. The van der Waals surface area contributed by atoms with Crippen LogP contribution in [-0.2, 0) is 4.79 Å². The lowest BCUT2D eigenvalue weighted by atomic mass is 9.88. The first kappa shape index (κ1) is 7.25. The van der Waals surface area contributed by atoms with Crippen molar-refractivity contribution in [3.8, 4) is 0 Å². The molecule has 0 saturated carbocycles. The van der Waals surface area contributed by atoms with E-state index in [1.54, 1.807) is 0 Å². The summed E-state index contributed by atoms with van der Waals surface area (Å²) in [5, 5.41) is 3.91. The molecule has 3 nitrogen and oxygen atoms in total. The molecule has 0 fully saturated rings. The minimum Gasteiger partial charge on any atom is -0.302 e. The van der Waals surface area contributed by atoms with Crippen LogP contribution in [0, 0.1) is 5.41 Å². The zero-order valence-electron chi connectivity index (χ0n) is 6.56. The average Bonchev–Trinajstić information content (AvgIpc) is 2.11. The molecule has 1 heterocycles. The highest BCUT2D eigenvalue weighted by Crippen LogP contribution is 2.17. The number of rotatable bonds is 0. The van der Waals surface area contributed by atoms with Crippen LogP contribution < -0.4 is 5.43 Å². The molecule has 1 rings (SSSR count). The quantitative estimate of drug-likeness (QED) is 0.534. The summed E-state index contributed by atoms with van der Waals surface area (Å²) in [6.45, 7) is 6.32. The molecule has 0 saturated heterocycles. The third-order valence-electron chi connectivity index (χ3n) is 1.41. The Morgan fingerprint density at radius 1 is 1.50 bits per heavy atom.